The molecular weight excluding hydrogens is 372 g/mol. The molecule has 1 N–H and O–H groups in total. The third kappa shape index (κ3) is 3.41. The van der Waals surface area contributed by atoms with Gasteiger partial charge in [-0.3, -0.25) is 9.59 Å². The van der Waals surface area contributed by atoms with Crippen LogP contribution in [0.1, 0.15) is 27.8 Å². The number of nitrogens with one attached hydrogen (secondary N) is 1. The van der Waals surface area contributed by atoms with Crippen LogP contribution in [-0.2, 0) is 9.59 Å². The molecular formula is C26H24N2O2. The SMILES string of the molecule is Cc1ccc(NC2=C(c3ccccc3)C(=O)N(c3cc(C)ccc3C)C2=O)c(C)c1. The van der Waals surface area contributed by atoms with Gasteiger partial charge < -0.3 is 5.32 Å². The lowest BCUT2D eigenvalue weighted by Crippen LogP contribution is -2.33. The van der Waals surface area contributed by atoms with Crippen molar-refractivity contribution in [3.05, 3.63) is 100 Å². The van der Waals surface area contributed by atoms with E-state index in [-0.39, 0.29) is 11.8 Å². The normalized spacial score (nSPS) is 13.9. The number of amides is 2. The Hall–Kier alpha value is -3.66. The van der Waals surface area contributed by atoms with Crippen molar-refractivity contribution in [1.82, 2.24) is 0 Å². The summed E-state index contributed by atoms with van der Waals surface area (Å²) in [5.41, 5.74) is 6.87. The summed E-state index contributed by atoms with van der Waals surface area (Å²) in [5, 5.41) is 3.27. The van der Waals surface area contributed by atoms with Gasteiger partial charge in [0.05, 0.1) is 11.3 Å². The minimum absolute atomic E-state index is 0.305. The van der Waals surface area contributed by atoms with Crippen molar-refractivity contribution in [1.29, 1.82) is 0 Å². The van der Waals surface area contributed by atoms with E-state index in [0.29, 0.717) is 17.0 Å². The summed E-state index contributed by atoms with van der Waals surface area (Å²) < 4.78 is 0. The average molecular weight is 396 g/mol. The van der Waals surface area contributed by atoms with Gasteiger partial charge in [-0.2, -0.15) is 0 Å². The molecule has 3 aromatic rings. The zero-order valence-corrected chi connectivity index (χ0v) is 17.6. The van der Waals surface area contributed by atoms with Crippen molar-refractivity contribution in [3.8, 4) is 0 Å². The van der Waals surface area contributed by atoms with Crippen molar-refractivity contribution >= 4 is 28.8 Å². The van der Waals surface area contributed by atoms with Gasteiger partial charge in [0, 0.05) is 5.69 Å². The van der Waals surface area contributed by atoms with Gasteiger partial charge in [-0.15, -0.1) is 0 Å². The first kappa shape index (κ1) is 19.6. The number of benzene rings is 3. The van der Waals surface area contributed by atoms with E-state index in [0.717, 1.165) is 33.5 Å². The van der Waals surface area contributed by atoms with E-state index in [1.54, 1.807) is 0 Å². The maximum Gasteiger partial charge on any atom is 0.282 e. The van der Waals surface area contributed by atoms with E-state index in [9.17, 15) is 9.59 Å². The molecule has 4 rings (SSSR count). The maximum absolute atomic E-state index is 13.5. The second-order valence-corrected chi connectivity index (χ2v) is 7.80. The topological polar surface area (TPSA) is 49.4 Å². The number of hydrogen-bond donors (Lipinski definition) is 1. The zero-order valence-electron chi connectivity index (χ0n) is 17.6. The van der Waals surface area contributed by atoms with E-state index >= 15 is 0 Å². The van der Waals surface area contributed by atoms with Gasteiger partial charge in [-0.05, 0) is 62.1 Å². The summed E-state index contributed by atoms with van der Waals surface area (Å²) in [6.07, 6.45) is 0. The number of imide groups is 1. The summed E-state index contributed by atoms with van der Waals surface area (Å²) in [6, 6.07) is 21.1. The number of nitrogens with zero attached hydrogens (tertiary/aromatic N) is 1. The van der Waals surface area contributed by atoms with Crippen LogP contribution in [0.3, 0.4) is 0 Å². The van der Waals surface area contributed by atoms with E-state index in [1.165, 1.54) is 4.90 Å². The summed E-state index contributed by atoms with van der Waals surface area (Å²) in [5.74, 6) is -0.653. The first-order valence-electron chi connectivity index (χ1n) is 9.97. The van der Waals surface area contributed by atoms with Crippen molar-refractivity contribution < 1.29 is 9.59 Å². The van der Waals surface area contributed by atoms with Gasteiger partial charge >= 0.3 is 0 Å². The fourth-order valence-electron chi connectivity index (χ4n) is 3.79. The van der Waals surface area contributed by atoms with Crippen LogP contribution in [-0.4, -0.2) is 11.8 Å². The van der Waals surface area contributed by atoms with Crippen LogP contribution in [0.4, 0.5) is 11.4 Å². The quantitative estimate of drug-likeness (QED) is 0.608. The molecule has 4 nitrogen and oxygen atoms in total. The average Bonchev–Trinajstić information content (AvgIpc) is 2.96. The predicted molar refractivity (Wildman–Crippen MR) is 121 cm³/mol. The van der Waals surface area contributed by atoms with E-state index < -0.39 is 0 Å². The lowest BCUT2D eigenvalue weighted by molar-refractivity contribution is -0.120. The highest BCUT2D eigenvalue weighted by molar-refractivity contribution is 6.46. The van der Waals surface area contributed by atoms with Crippen LogP contribution < -0.4 is 10.2 Å². The van der Waals surface area contributed by atoms with Crippen LogP contribution in [0.5, 0.6) is 0 Å². The van der Waals surface area contributed by atoms with Crippen LogP contribution in [0.25, 0.3) is 5.57 Å². The third-order valence-corrected chi connectivity index (χ3v) is 5.39. The molecule has 1 heterocycles. The van der Waals surface area contributed by atoms with Crippen LogP contribution >= 0.6 is 0 Å². The fourth-order valence-corrected chi connectivity index (χ4v) is 3.79. The molecule has 30 heavy (non-hydrogen) atoms. The summed E-state index contributed by atoms with van der Waals surface area (Å²) >= 11 is 0. The van der Waals surface area contributed by atoms with Gasteiger partial charge in [0.25, 0.3) is 11.8 Å². The Balaban J connectivity index is 1.86. The Morgan fingerprint density at radius 3 is 2.07 bits per heavy atom. The summed E-state index contributed by atoms with van der Waals surface area (Å²) in [4.78, 5) is 28.3. The lowest BCUT2D eigenvalue weighted by atomic mass is 10.0. The molecule has 150 valence electrons. The molecule has 2 amide bonds. The molecule has 0 aromatic heterocycles. The van der Waals surface area contributed by atoms with Crippen molar-refractivity contribution in [2.45, 2.75) is 27.7 Å². The first-order chi connectivity index (χ1) is 14.4. The van der Waals surface area contributed by atoms with Gasteiger partial charge in [0.15, 0.2) is 0 Å². The molecule has 0 saturated heterocycles. The zero-order chi connectivity index (χ0) is 21.4. The van der Waals surface area contributed by atoms with Crippen LogP contribution in [0.15, 0.2) is 72.4 Å². The molecule has 0 spiro atoms. The molecule has 0 unspecified atom stereocenters. The smallest absolute Gasteiger partial charge is 0.282 e. The Labute approximate surface area is 176 Å². The number of carbonyl (C=O) groups excluding carboxylic acids is 2. The van der Waals surface area contributed by atoms with E-state index in [4.69, 9.17) is 0 Å². The number of hydrogen-bond acceptors (Lipinski definition) is 3. The third-order valence-electron chi connectivity index (χ3n) is 5.39. The van der Waals surface area contributed by atoms with Crippen molar-refractivity contribution in [2.75, 3.05) is 10.2 Å². The minimum atomic E-state index is -0.340. The van der Waals surface area contributed by atoms with Gasteiger partial charge in [-0.25, -0.2) is 4.90 Å². The van der Waals surface area contributed by atoms with Gasteiger partial charge in [0.2, 0.25) is 0 Å². The number of rotatable bonds is 4. The molecule has 0 fully saturated rings. The Morgan fingerprint density at radius 1 is 0.700 bits per heavy atom. The largest absolute Gasteiger partial charge is 0.350 e. The summed E-state index contributed by atoms with van der Waals surface area (Å²) in [7, 11) is 0. The fraction of sp³-hybridized carbons (Fsp3) is 0.154. The number of aryl methyl sites for hydroxylation is 4. The first-order valence-corrected chi connectivity index (χ1v) is 9.97. The highest BCUT2D eigenvalue weighted by Gasteiger charge is 2.40. The van der Waals surface area contributed by atoms with E-state index in [1.807, 2.05) is 88.4 Å². The molecule has 1 aliphatic rings. The van der Waals surface area contributed by atoms with E-state index in [2.05, 4.69) is 11.4 Å². The van der Waals surface area contributed by atoms with Crippen molar-refractivity contribution in [2.24, 2.45) is 0 Å². The van der Waals surface area contributed by atoms with Crippen LogP contribution in [0, 0.1) is 27.7 Å². The lowest BCUT2D eigenvalue weighted by Gasteiger charge is -2.18. The molecule has 0 atom stereocenters. The molecule has 1 aliphatic heterocycles. The highest BCUT2D eigenvalue weighted by Crippen LogP contribution is 2.35. The highest BCUT2D eigenvalue weighted by atomic mass is 16.2. The number of carbonyl (C=O) groups is 2. The molecule has 3 aromatic carbocycles. The second kappa shape index (κ2) is 7.64. The molecule has 0 saturated carbocycles. The summed E-state index contributed by atoms with van der Waals surface area (Å²) in [6.45, 7) is 7.88. The second-order valence-electron chi connectivity index (χ2n) is 7.80. The standard InChI is InChI=1S/C26H24N2O2/c1-16-11-13-21(19(4)14-16)27-24-23(20-8-6-5-7-9-20)25(29)28(26(24)30)22-15-17(2)10-12-18(22)3/h5-15,27H,1-4H3. The number of anilines is 2. The van der Waals surface area contributed by atoms with Gasteiger partial charge in [-0.1, -0.05) is 60.2 Å². The van der Waals surface area contributed by atoms with Gasteiger partial charge in [0.1, 0.15) is 5.70 Å². The Kier molecular flexibility index (Phi) is 5.00. The monoisotopic (exact) mass is 396 g/mol. The Bertz CT molecular complexity index is 1190. The molecule has 4 heteroatoms. The molecule has 0 radical (unpaired) electrons. The maximum atomic E-state index is 13.5. The Morgan fingerprint density at radius 2 is 1.37 bits per heavy atom. The minimum Gasteiger partial charge on any atom is -0.350 e. The molecule has 0 aliphatic carbocycles. The molecule has 0 bridgehead atoms. The van der Waals surface area contributed by atoms with Crippen LogP contribution in [0.2, 0.25) is 0 Å². The predicted octanol–water partition coefficient (Wildman–Crippen LogP) is 5.32. The van der Waals surface area contributed by atoms with Crippen molar-refractivity contribution in [3.63, 3.8) is 0 Å².